The fourth-order valence-corrected chi connectivity index (χ4v) is 12.6. The molecule has 0 amide bonds. The van der Waals surface area contributed by atoms with E-state index in [1.807, 2.05) is 6.08 Å². The van der Waals surface area contributed by atoms with Gasteiger partial charge in [-0.05, 0) is 110 Å². The maximum Gasteiger partial charge on any atom is 0.0641 e. The van der Waals surface area contributed by atoms with E-state index in [0.29, 0.717) is 0 Å². The standard InChI is InChI=1S/C67H45N5/c1-3-20-45(41-43(2)68-60-35-17-11-29-54(60)64-62(68)39-37-52-50-27-9-15-33-58(50)71(66(52)64)44-21-5-4-6-22-44)72-59-34-16-10-28-51(59)53-38-40-63-65(67(53)72)55-30-12-18-36-61(55)70(63)47-24-19-23-46(42-47)69-56-31-13-7-25-48(56)49-26-8-14-32-57(49)69/h1,4-8,10-26,28-42H,9,27H2,2H3/b43-41+,45-20+. The van der Waals surface area contributed by atoms with E-state index in [1.54, 1.807) is 0 Å². The molecule has 0 spiro atoms. The van der Waals surface area contributed by atoms with E-state index in [9.17, 15) is 0 Å². The fourth-order valence-electron chi connectivity index (χ4n) is 12.6. The zero-order valence-electron chi connectivity index (χ0n) is 39.6. The van der Waals surface area contributed by atoms with Crippen LogP contribution in [0.1, 0.15) is 24.6 Å². The van der Waals surface area contributed by atoms with Crippen molar-refractivity contribution >= 4 is 116 Å². The number of terminal acetylenes is 1. The van der Waals surface area contributed by atoms with Crippen LogP contribution in [0, 0.1) is 12.3 Å². The Morgan fingerprint density at radius 2 is 0.958 bits per heavy atom. The molecule has 0 saturated carbocycles. The van der Waals surface area contributed by atoms with Gasteiger partial charge < -0.3 is 22.8 Å². The van der Waals surface area contributed by atoms with Gasteiger partial charge in [0.1, 0.15) is 0 Å². The largest absolute Gasteiger partial charge is 0.313 e. The van der Waals surface area contributed by atoms with Crippen molar-refractivity contribution in [1.82, 2.24) is 22.8 Å². The minimum Gasteiger partial charge on any atom is -0.313 e. The first-order valence-electron chi connectivity index (χ1n) is 24.9. The third kappa shape index (κ3) is 5.60. The van der Waals surface area contributed by atoms with Crippen molar-refractivity contribution in [2.24, 2.45) is 0 Å². The first-order valence-corrected chi connectivity index (χ1v) is 24.9. The first kappa shape index (κ1) is 40.4. The van der Waals surface area contributed by atoms with Gasteiger partial charge in [-0.1, -0.05) is 139 Å². The minimum atomic E-state index is 0.916. The maximum atomic E-state index is 6.40. The van der Waals surface area contributed by atoms with E-state index in [2.05, 4.69) is 254 Å². The molecule has 0 atom stereocenters. The summed E-state index contributed by atoms with van der Waals surface area (Å²) in [6.45, 7) is 2.23. The Morgan fingerprint density at radius 1 is 0.444 bits per heavy atom. The summed E-state index contributed by atoms with van der Waals surface area (Å²) < 4.78 is 12.2. The highest BCUT2D eigenvalue weighted by atomic mass is 15.1. The van der Waals surface area contributed by atoms with Gasteiger partial charge in [0.15, 0.2) is 0 Å². The van der Waals surface area contributed by atoms with Gasteiger partial charge in [0.05, 0.1) is 55.3 Å². The van der Waals surface area contributed by atoms with Crippen LogP contribution in [0.15, 0.2) is 218 Å². The number of aromatic nitrogens is 5. The minimum absolute atomic E-state index is 0.916. The highest BCUT2D eigenvalue weighted by Crippen LogP contribution is 2.45. The lowest BCUT2D eigenvalue weighted by Crippen LogP contribution is -2.00. The van der Waals surface area contributed by atoms with Crippen molar-refractivity contribution in [3.63, 3.8) is 0 Å². The molecule has 0 saturated heterocycles. The van der Waals surface area contributed by atoms with E-state index in [-0.39, 0.29) is 0 Å². The van der Waals surface area contributed by atoms with E-state index in [1.165, 1.54) is 82.0 Å². The van der Waals surface area contributed by atoms with Crippen LogP contribution in [0.25, 0.3) is 133 Å². The summed E-state index contributed by atoms with van der Waals surface area (Å²) in [5.74, 6) is 3.00. The van der Waals surface area contributed by atoms with Crippen LogP contribution in [0.4, 0.5) is 0 Å². The number of nitrogens with zero attached hydrogens (tertiary/aromatic N) is 5. The summed E-state index contributed by atoms with van der Waals surface area (Å²) in [6, 6.07) is 73.0. The van der Waals surface area contributed by atoms with E-state index < -0.39 is 0 Å². The van der Waals surface area contributed by atoms with E-state index in [0.717, 1.165) is 68.7 Å². The zero-order chi connectivity index (χ0) is 47.6. The second kappa shape index (κ2) is 15.5. The maximum absolute atomic E-state index is 6.40. The molecular weight excluding hydrogens is 875 g/mol. The lowest BCUT2D eigenvalue weighted by Gasteiger charge is -2.14. The molecule has 5 heterocycles. The van der Waals surface area contributed by atoms with Crippen molar-refractivity contribution in [2.75, 3.05) is 0 Å². The predicted molar refractivity (Wildman–Crippen MR) is 305 cm³/mol. The summed E-state index contributed by atoms with van der Waals surface area (Å²) in [4.78, 5) is 0. The molecule has 5 nitrogen and oxygen atoms in total. The number of rotatable bonds is 6. The van der Waals surface area contributed by atoms with E-state index in [4.69, 9.17) is 6.42 Å². The van der Waals surface area contributed by atoms with Crippen LogP contribution in [0.3, 0.4) is 0 Å². The summed E-state index contributed by atoms with van der Waals surface area (Å²) in [5, 5.41) is 11.0. The molecule has 72 heavy (non-hydrogen) atoms. The monoisotopic (exact) mass is 919 g/mol. The molecule has 14 aromatic rings. The summed E-state index contributed by atoms with van der Waals surface area (Å²) in [5.41, 5.74) is 18.4. The number of fused-ring (bicyclic) bond motifs is 17. The Bertz CT molecular complexity index is 4700. The smallest absolute Gasteiger partial charge is 0.0641 e. The van der Waals surface area contributed by atoms with Crippen LogP contribution < -0.4 is 0 Å². The number of para-hydroxylation sites is 6. The summed E-state index contributed by atoms with van der Waals surface area (Å²) >= 11 is 0. The molecule has 0 aliphatic heterocycles. The van der Waals surface area contributed by atoms with Crippen LogP contribution in [0.2, 0.25) is 0 Å². The number of hydrogen-bond acceptors (Lipinski definition) is 0. The number of hydrogen-bond donors (Lipinski definition) is 0. The molecule has 338 valence electrons. The van der Waals surface area contributed by atoms with Gasteiger partial charge in [0, 0.05) is 83.0 Å². The van der Waals surface area contributed by atoms with Gasteiger partial charge in [0.2, 0.25) is 0 Å². The van der Waals surface area contributed by atoms with Crippen LogP contribution in [-0.4, -0.2) is 22.8 Å². The Morgan fingerprint density at radius 3 is 1.64 bits per heavy atom. The fraction of sp³-hybridized carbons (Fsp3) is 0.0448. The topological polar surface area (TPSA) is 24.6 Å². The average Bonchev–Trinajstić information content (AvgIpc) is 4.23. The van der Waals surface area contributed by atoms with Crippen molar-refractivity contribution in [3.05, 3.63) is 230 Å². The highest BCUT2D eigenvalue weighted by Gasteiger charge is 2.26. The summed E-state index contributed by atoms with van der Waals surface area (Å²) in [6.07, 6.45) is 17.3. The second-order valence-electron chi connectivity index (χ2n) is 19.2. The Kier molecular flexibility index (Phi) is 8.70. The molecule has 0 bridgehead atoms. The molecule has 5 aromatic heterocycles. The Hall–Kier alpha value is -9.50. The van der Waals surface area contributed by atoms with Gasteiger partial charge in [-0.25, -0.2) is 0 Å². The molecule has 0 radical (unpaired) electrons. The van der Waals surface area contributed by atoms with Crippen LogP contribution >= 0.6 is 0 Å². The van der Waals surface area contributed by atoms with Gasteiger partial charge in [0.25, 0.3) is 0 Å². The molecule has 0 unspecified atom stereocenters. The predicted octanol–water partition coefficient (Wildman–Crippen LogP) is 17.0. The van der Waals surface area contributed by atoms with Gasteiger partial charge >= 0.3 is 0 Å². The third-order valence-corrected chi connectivity index (χ3v) is 15.4. The Labute approximate surface area is 415 Å². The molecule has 0 fully saturated rings. The third-order valence-electron chi connectivity index (χ3n) is 15.4. The van der Waals surface area contributed by atoms with Gasteiger partial charge in [-0.15, -0.1) is 6.42 Å². The molecule has 5 heteroatoms. The lowest BCUT2D eigenvalue weighted by molar-refractivity contribution is 0.968. The molecular formula is C67H45N5. The quantitative estimate of drug-likeness (QED) is 0.117. The number of allylic oxidation sites excluding steroid dienone is 5. The molecule has 1 aliphatic rings. The lowest BCUT2D eigenvalue weighted by atomic mass is 10.00. The van der Waals surface area contributed by atoms with Gasteiger partial charge in [-0.2, -0.15) is 0 Å². The van der Waals surface area contributed by atoms with Crippen LogP contribution in [0.5, 0.6) is 0 Å². The number of benzene rings is 9. The molecule has 9 aromatic carbocycles. The zero-order valence-corrected chi connectivity index (χ0v) is 39.6. The van der Waals surface area contributed by atoms with E-state index >= 15 is 0 Å². The highest BCUT2D eigenvalue weighted by molar-refractivity contribution is 6.27. The molecule has 0 N–H and O–H groups in total. The first-order chi connectivity index (χ1) is 35.7. The van der Waals surface area contributed by atoms with Gasteiger partial charge in [-0.3, -0.25) is 0 Å². The SMILES string of the molecule is C#C/C=C(\C=C(/C)n1c2ccccc2c2c3c(ccc21)c1c(n3-c2ccccc2)C=CCC1)n1c2ccccc2c2ccc3c(c4ccccc4n3-c3cccc(-n4c5ccccc5c5ccccc54)c3)c21. The van der Waals surface area contributed by atoms with Crippen molar-refractivity contribution < 1.29 is 0 Å². The molecule has 15 rings (SSSR count). The Balaban J connectivity index is 0.974. The molecule has 1 aliphatic carbocycles. The summed E-state index contributed by atoms with van der Waals surface area (Å²) in [7, 11) is 0. The second-order valence-corrected chi connectivity index (χ2v) is 19.2. The number of aryl methyl sites for hydroxylation is 1. The van der Waals surface area contributed by atoms with Crippen molar-refractivity contribution in [1.29, 1.82) is 0 Å². The van der Waals surface area contributed by atoms with Crippen molar-refractivity contribution in [2.45, 2.75) is 19.8 Å². The van der Waals surface area contributed by atoms with Crippen molar-refractivity contribution in [3.8, 4) is 29.4 Å². The van der Waals surface area contributed by atoms with Crippen LogP contribution in [-0.2, 0) is 6.42 Å². The normalized spacial score (nSPS) is 13.3. The average molecular weight is 920 g/mol.